The third-order valence-corrected chi connectivity index (χ3v) is 5.98. The van der Waals surface area contributed by atoms with Crippen LogP contribution in [0.2, 0.25) is 0 Å². The number of Topliss-reactive ketones (excluding diaryl/α,β-unsaturated/α-hetero) is 1. The highest BCUT2D eigenvalue weighted by atomic mass is 32.1. The number of amides is 1. The molecule has 0 saturated heterocycles. The van der Waals surface area contributed by atoms with Gasteiger partial charge in [0.1, 0.15) is 0 Å². The van der Waals surface area contributed by atoms with E-state index in [4.69, 9.17) is 0 Å². The van der Waals surface area contributed by atoms with Crippen molar-refractivity contribution in [1.82, 2.24) is 10.3 Å². The zero-order valence-electron chi connectivity index (χ0n) is 14.3. The number of carbonyl (C=O) groups excluding carboxylic acids is 2. The van der Waals surface area contributed by atoms with E-state index in [-0.39, 0.29) is 24.5 Å². The molecule has 1 amide bonds. The van der Waals surface area contributed by atoms with Crippen molar-refractivity contribution >= 4 is 44.6 Å². The molecule has 6 heteroatoms. The Morgan fingerprint density at radius 2 is 1.92 bits per heavy atom. The Balaban J connectivity index is 1.43. The molecule has 25 heavy (non-hydrogen) atoms. The van der Waals surface area contributed by atoms with Crippen molar-refractivity contribution in [2.45, 2.75) is 33.1 Å². The Morgan fingerprint density at radius 1 is 1.12 bits per heavy atom. The quantitative estimate of drug-likeness (QED) is 0.629. The van der Waals surface area contributed by atoms with E-state index >= 15 is 0 Å². The number of hydrogen-bond acceptors (Lipinski definition) is 5. The van der Waals surface area contributed by atoms with E-state index in [9.17, 15) is 9.59 Å². The molecule has 2 aromatic heterocycles. The van der Waals surface area contributed by atoms with Gasteiger partial charge in [0.05, 0.1) is 15.2 Å². The lowest BCUT2D eigenvalue weighted by Crippen LogP contribution is -2.26. The summed E-state index contributed by atoms with van der Waals surface area (Å²) < 4.78 is 1.16. The van der Waals surface area contributed by atoms with Crippen molar-refractivity contribution in [3.63, 3.8) is 0 Å². The van der Waals surface area contributed by atoms with Gasteiger partial charge in [0, 0.05) is 41.1 Å². The number of carbonyl (C=O) groups is 2. The molecule has 0 saturated carbocycles. The molecular weight excluding hydrogens is 352 g/mol. The molecule has 4 nitrogen and oxygen atoms in total. The van der Waals surface area contributed by atoms with Gasteiger partial charge in [-0.05, 0) is 32.0 Å². The normalized spacial score (nSPS) is 11.0. The summed E-state index contributed by atoms with van der Waals surface area (Å²) in [5.41, 5.74) is 1.76. The minimum absolute atomic E-state index is 0.0446. The van der Waals surface area contributed by atoms with Crippen molar-refractivity contribution in [3.05, 3.63) is 50.7 Å². The maximum atomic E-state index is 12.2. The molecule has 0 unspecified atom stereocenters. The first-order valence-corrected chi connectivity index (χ1v) is 9.87. The van der Waals surface area contributed by atoms with Crippen LogP contribution in [0.5, 0.6) is 0 Å². The van der Waals surface area contributed by atoms with Crippen LogP contribution in [-0.2, 0) is 11.2 Å². The number of rotatable bonds is 7. The van der Waals surface area contributed by atoms with Gasteiger partial charge in [-0.1, -0.05) is 12.1 Å². The SMILES string of the molecule is Cc1cc(C(=O)CCC(=O)NCCc2nc3ccccc3s2)c(C)s1. The van der Waals surface area contributed by atoms with Crippen molar-refractivity contribution in [2.75, 3.05) is 6.54 Å². The van der Waals surface area contributed by atoms with Crippen molar-refractivity contribution in [3.8, 4) is 0 Å². The average molecular weight is 373 g/mol. The van der Waals surface area contributed by atoms with Crippen LogP contribution in [0.1, 0.15) is 38.0 Å². The number of aryl methyl sites for hydroxylation is 2. The highest BCUT2D eigenvalue weighted by Gasteiger charge is 2.13. The van der Waals surface area contributed by atoms with Gasteiger partial charge in [0.2, 0.25) is 5.91 Å². The van der Waals surface area contributed by atoms with E-state index in [1.807, 2.05) is 38.1 Å². The van der Waals surface area contributed by atoms with Crippen LogP contribution >= 0.6 is 22.7 Å². The molecule has 0 aliphatic rings. The fourth-order valence-electron chi connectivity index (χ4n) is 2.69. The third-order valence-electron chi connectivity index (χ3n) is 3.92. The van der Waals surface area contributed by atoms with E-state index in [2.05, 4.69) is 16.4 Å². The van der Waals surface area contributed by atoms with Crippen molar-refractivity contribution in [2.24, 2.45) is 0 Å². The summed E-state index contributed by atoms with van der Waals surface area (Å²) in [6, 6.07) is 9.93. The molecule has 3 aromatic rings. The Kier molecular flexibility index (Phi) is 5.60. The summed E-state index contributed by atoms with van der Waals surface area (Å²) >= 11 is 3.27. The van der Waals surface area contributed by atoms with Gasteiger partial charge >= 0.3 is 0 Å². The highest BCUT2D eigenvalue weighted by molar-refractivity contribution is 7.18. The zero-order valence-corrected chi connectivity index (χ0v) is 15.9. The van der Waals surface area contributed by atoms with Gasteiger partial charge < -0.3 is 5.32 Å². The summed E-state index contributed by atoms with van der Waals surface area (Å²) in [6.07, 6.45) is 1.19. The highest BCUT2D eigenvalue weighted by Crippen LogP contribution is 2.23. The fourth-order valence-corrected chi connectivity index (χ4v) is 4.60. The molecule has 0 atom stereocenters. The number of fused-ring (bicyclic) bond motifs is 1. The van der Waals surface area contributed by atoms with Crippen LogP contribution < -0.4 is 5.32 Å². The van der Waals surface area contributed by atoms with Crippen LogP contribution in [0, 0.1) is 13.8 Å². The minimum Gasteiger partial charge on any atom is -0.356 e. The summed E-state index contributed by atoms with van der Waals surface area (Å²) in [4.78, 5) is 30.9. The summed E-state index contributed by atoms with van der Waals surface area (Å²) in [5.74, 6) is -0.0396. The smallest absolute Gasteiger partial charge is 0.220 e. The molecule has 0 aliphatic carbocycles. The number of nitrogens with zero attached hydrogens (tertiary/aromatic N) is 1. The lowest BCUT2D eigenvalue weighted by Gasteiger charge is -2.03. The van der Waals surface area contributed by atoms with Gasteiger partial charge in [-0.15, -0.1) is 22.7 Å². The number of thiazole rings is 1. The molecule has 1 N–H and O–H groups in total. The molecular formula is C19H20N2O2S2. The first-order valence-electron chi connectivity index (χ1n) is 8.24. The second-order valence-corrected chi connectivity index (χ2v) is 8.50. The first kappa shape index (κ1) is 17.8. The number of aromatic nitrogens is 1. The topological polar surface area (TPSA) is 59.1 Å². The molecule has 130 valence electrons. The van der Waals surface area contributed by atoms with Gasteiger partial charge in [-0.3, -0.25) is 9.59 Å². The van der Waals surface area contributed by atoms with E-state index in [0.29, 0.717) is 13.0 Å². The minimum atomic E-state index is -0.0842. The summed E-state index contributed by atoms with van der Waals surface area (Å²) in [7, 11) is 0. The summed E-state index contributed by atoms with van der Waals surface area (Å²) in [6.45, 7) is 4.48. The van der Waals surface area contributed by atoms with Gasteiger partial charge in [-0.25, -0.2) is 4.98 Å². The second-order valence-electron chi connectivity index (χ2n) is 5.93. The predicted molar refractivity (Wildman–Crippen MR) is 104 cm³/mol. The number of nitrogens with one attached hydrogen (secondary N) is 1. The Bertz CT molecular complexity index is 878. The fraction of sp³-hybridized carbons (Fsp3) is 0.316. The zero-order chi connectivity index (χ0) is 17.8. The van der Waals surface area contributed by atoms with Gasteiger partial charge in [0.15, 0.2) is 5.78 Å². The molecule has 1 aromatic carbocycles. The summed E-state index contributed by atoms with van der Waals surface area (Å²) in [5, 5.41) is 3.90. The van der Waals surface area contributed by atoms with Crippen LogP contribution in [0.3, 0.4) is 0 Å². The standard InChI is InChI=1S/C19H20N2O2S2/c1-12-11-14(13(2)24-12)16(22)7-8-18(23)20-10-9-19-21-15-5-3-4-6-17(15)25-19/h3-6,11H,7-10H2,1-2H3,(H,20,23). The lowest BCUT2D eigenvalue weighted by atomic mass is 10.1. The number of para-hydroxylation sites is 1. The first-order chi connectivity index (χ1) is 12.0. The molecule has 3 rings (SSSR count). The van der Waals surface area contributed by atoms with Crippen LogP contribution in [0.15, 0.2) is 30.3 Å². The Labute approximate surface area is 154 Å². The van der Waals surface area contributed by atoms with Crippen LogP contribution in [-0.4, -0.2) is 23.2 Å². The van der Waals surface area contributed by atoms with Crippen molar-refractivity contribution in [1.29, 1.82) is 0 Å². The monoisotopic (exact) mass is 372 g/mol. The second kappa shape index (κ2) is 7.89. The molecule has 0 aliphatic heterocycles. The molecule has 0 fully saturated rings. The van der Waals surface area contributed by atoms with Crippen LogP contribution in [0.4, 0.5) is 0 Å². The predicted octanol–water partition coefficient (Wildman–Crippen LogP) is 4.30. The van der Waals surface area contributed by atoms with Crippen LogP contribution in [0.25, 0.3) is 10.2 Å². The maximum absolute atomic E-state index is 12.2. The Morgan fingerprint density at radius 3 is 2.64 bits per heavy atom. The number of hydrogen-bond donors (Lipinski definition) is 1. The number of benzene rings is 1. The van der Waals surface area contributed by atoms with E-state index < -0.39 is 0 Å². The number of ketones is 1. The van der Waals surface area contributed by atoms with Crippen molar-refractivity contribution < 1.29 is 9.59 Å². The van der Waals surface area contributed by atoms with E-state index in [0.717, 1.165) is 30.5 Å². The third kappa shape index (κ3) is 4.52. The molecule has 2 heterocycles. The van der Waals surface area contributed by atoms with E-state index in [1.165, 1.54) is 0 Å². The number of thiophene rings is 1. The van der Waals surface area contributed by atoms with Gasteiger partial charge in [-0.2, -0.15) is 0 Å². The largest absolute Gasteiger partial charge is 0.356 e. The molecule has 0 bridgehead atoms. The Hall–Kier alpha value is -2.05. The van der Waals surface area contributed by atoms with E-state index in [1.54, 1.807) is 22.7 Å². The lowest BCUT2D eigenvalue weighted by molar-refractivity contribution is -0.121. The molecule has 0 radical (unpaired) electrons. The van der Waals surface area contributed by atoms with Gasteiger partial charge in [0.25, 0.3) is 0 Å². The maximum Gasteiger partial charge on any atom is 0.220 e. The average Bonchev–Trinajstić information content (AvgIpc) is 3.14. The molecule has 0 spiro atoms.